The standard InChI is InChI=1S/C23H24ClN3OS2/c1-23(2,3)15-7-10-17-18(13-25)21(30-19(17)12-15)27-22(29)26-20(28)11-6-14-4-8-16(24)9-5-14/h4-6,8-9,11,15H,7,10,12H2,1-3H3,(H2,26,27,28,29)/b11-6+/t15-/m1/s1. The van der Waals surface area contributed by atoms with Crippen LogP contribution >= 0.6 is 35.2 Å². The van der Waals surface area contributed by atoms with Crippen LogP contribution in [-0.2, 0) is 17.6 Å². The first-order valence-electron chi connectivity index (χ1n) is 9.77. The Kier molecular flexibility index (Phi) is 6.97. The predicted octanol–water partition coefficient (Wildman–Crippen LogP) is 5.95. The third-order valence-electron chi connectivity index (χ3n) is 5.36. The van der Waals surface area contributed by atoms with E-state index < -0.39 is 0 Å². The van der Waals surface area contributed by atoms with E-state index in [2.05, 4.69) is 37.5 Å². The van der Waals surface area contributed by atoms with E-state index in [1.54, 1.807) is 29.5 Å². The molecule has 2 aromatic rings. The Morgan fingerprint density at radius 1 is 1.33 bits per heavy atom. The van der Waals surface area contributed by atoms with Gasteiger partial charge in [0.25, 0.3) is 0 Å². The minimum absolute atomic E-state index is 0.184. The number of fused-ring (bicyclic) bond motifs is 1. The van der Waals surface area contributed by atoms with Gasteiger partial charge < -0.3 is 5.32 Å². The van der Waals surface area contributed by atoms with Crippen molar-refractivity contribution in [3.8, 4) is 6.07 Å². The molecule has 0 aliphatic heterocycles. The van der Waals surface area contributed by atoms with Crippen molar-refractivity contribution in [2.45, 2.75) is 40.0 Å². The maximum Gasteiger partial charge on any atom is 0.250 e. The highest BCUT2D eigenvalue weighted by atomic mass is 35.5. The van der Waals surface area contributed by atoms with Crippen LogP contribution in [-0.4, -0.2) is 11.0 Å². The molecule has 1 aliphatic rings. The zero-order valence-electron chi connectivity index (χ0n) is 17.2. The lowest BCUT2D eigenvalue weighted by Crippen LogP contribution is -2.32. The summed E-state index contributed by atoms with van der Waals surface area (Å²) in [5.41, 5.74) is 2.87. The van der Waals surface area contributed by atoms with E-state index >= 15 is 0 Å². The third-order valence-corrected chi connectivity index (χ3v) is 6.99. The Balaban J connectivity index is 1.65. The monoisotopic (exact) mass is 457 g/mol. The van der Waals surface area contributed by atoms with E-state index in [4.69, 9.17) is 23.8 Å². The van der Waals surface area contributed by atoms with Crippen molar-refractivity contribution in [3.63, 3.8) is 0 Å². The van der Waals surface area contributed by atoms with Gasteiger partial charge in [-0.05, 0) is 72.1 Å². The van der Waals surface area contributed by atoms with Crippen LogP contribution in [0, 0.1) is 22.7 Å². The van der Waals surface area contributed by atoms with E-state index in [-0.39, 0.29) is 16.4 Å². The first kappa shape index (κ1) is 22.5. The summed E-state index contributed by atoms with van der Waals surface area (Å²) in [4.78, 5) is 13.4. The Labute approximate surface area is 191 Å². The summed E-state index contributed by atoms with van der Waals surface area (Å²) < 4.78 is 0. The molecular formula is C23H24ClN3OS2. The molecule has 3 rings (SSSR count). The van der Waals surface area contributed by atoms with Crippen molar-refractivity contribution >= 4 is 57.3 Å². The quantitative estimate of drug-likeness (QED) is 0.441. The summed E-state index contributed by atoms with van der Waals surface area (Å²) in [6.45, 7) is 6.80. The molecule has 0 unspecified atom stereocenters. The Bertz CT molecular complexity index is 1030. The van der Waals surface area contributed by atoms with Gasteiger partial charge in [0.1, 0.15) is 11.1 Å². The highest BCUT2D eigenvalue weighted by Crippen LogP contribution is 2.43. The second kappa shape index (κ2) is 9.30. The SMILES string of the molecule is CC(C)(C)[C@@H]1CCc2c(sc(NC(=S)NC(=O)/C=C/c3ccc(Cl)cc3)c2C#N)C1. The summed E-state index contributed by atoms with van der Waals surface area (Å²) in [5.74, 6) is 0.253. The van der Waals surface area contributed by atoms with Crippen LogP contribution in [0.1, 0.15) is 48.8 Å². The minimum atomic E-state index is -0.338. The molecule has 1 aliphatic carbocycles. The molecule has 1 aromatic carbocycles. The zero-order valence-corrected chi connectivity index (χ0v) is 19.6. The number of anilines is 1. The Morgan fingerprint density at radius 2 is 2.03 bits per heavy atom. The first-order chi connectivity index (χ1) is 14.2. The lowest BCUT2D eigenvalue weighted by molar-refractivity contribution is -0.115. The number of halogens is 1. The Morgan fingerprint density at radius 3 is 2.67 bits per heavy atom. The number of thiocarbonyl (C=S) groups is 1. The summed E-state index contributed by atoms with van der Waals surface area (Å²) in [5, 5.41) is 16.9. The summed E-state index contributed by atoms with van der Waals surface area (Å²) in [6, 6.07) is 9.49. The molecule has 0 saturated heterocycles. The molecule has 30 heavy (non-hydrogen) atoms. The van der Waals surface area contributed by atoms with Crippen molar-refractivity contribution in [1.82, 2.24) is 5.32 Å². The van der Waals surface area contributed by atoms with Gasteiger partial charge in [-0.3, -0.25) is 10.1 Å². The van der Waals surface area contributed by atoms with Gasteiger partial charge in [0, 0.05) is 16.0 Å². The molecule has 156 valence electrons. The van der Waals surface area contributed by atoms with Gasteiger partial charge in [0.2, 0.25) is 5.91 Å². The van der Waals surface area contributed by atoms with Crippen LogP contribution in [0.5, 0.6) is 0 Å². The van der Waals surface area contributed by atoms with Crippen LogP contribution in [0.3, 0.4) is 0 Å². The second-order valence-electron chi connectivity index (χ2n) is 8.45. The molecule has 0 fully saturated rings. The van der Waals surface area contributed by atoms with Crippen molar-refractivity contribution in [3.05, 3.63) is 56.9 Å². The van der Waals surface area contributed by atoms with Crippen LogP contribution in [0.15, 0.2) is 30.3 Å². The van der Waals surface area contributed by atoms with Gasteiger partial charge in [0.05, 0.1) is 5.56 Å². The smallest absolute Gasteiger partial charge is 0.250 e. The molecule has 4 nitrogen and oxygen atoms in total. The molecule has 0 spiro atoms. The van der Waals surface area contributed by atoms with Gasteiger partial charge in [0.15, 0.2) is 5.11 Å². The Hall–Kier alpha value is -2.20. The molecule has 0 radical (unpaired) electrons. The number of nitrogens with zero attached hydrogens (tertiary/aromatic N) is 1. The maximum absolute atomic E-state index is 12.2. The zero-order chi connectivity index (χ0) is 21.9. The highest BCUT2D eigenvalue weighted by molar-refractivity contribution is 7.80. The molecule has 2 N–H and O–H groups in total. The fourth-order valence-corrected chi connectivity index (χ4v) is 5.24. The van der Waals surface area contributed by atoms with Crippen molar-refractivity contribution in [1.29, 1.82) is 5.26 Å². The average Bonchev–Trinajstić information content (AvgIpc) is 3.02. The van der Waals surface area contributed by atoms with Gasteiger partial charge in [-0.25, -0.2) is 0 Å². The number of carbonyl (C=O) groups excluding carboxylic acids is 1. The number of rotatable bonds is 3. The van der Waals surface area contributed by atoms with Crippen LogP contribution in [0.4, 0.5) is 5.00 Å². The van der Waals surface area contributed by atoms with E-state index in [9.17, 15) is 10.1 Å². The largest absolute Gasteiger partial charge is 0.323 e. The van der Waals surface area contributed by atoms with Gasteiger partial charge in [-0.1, -0.05) is 44.5 Å². The molecule has 1 amide bonds. The van der Waals surface area contributed by atoms with Crippen molar-refractivity contribution < 1.29 is 4.79 Å². The van der Waals surface area contributed by atoms with E-state index in [1.807, 2.05) is 12.1 Å². The summed E-state index contributed by atoms with van der Waals surface area (Å²) in [6.07, 6.45) is 6.06. The van der Waals surface area contributed by atoms with E-state index in [0.29, 0.717) is 21.5 Å². The molecule has 1 aromatic heterocycles. The number of hydrogen-bond acceptors (Lipinski definition) is 4. The number of hydrogen-bond donors (Lipinski definition) is 2. The summed E-state index contributed by atoms with van der Waals surface area (Å²) in [7, 11) is 0. The van der Waals surface area contributed by atoms with Crippen molar-refractivity contribution in [2.24, 2.45) is 11.3 Å². The molecule has 0 bridgehead atoms. The molecule has 7 heteroatoms. The topological polar surface area (TPSA) is 64.9 Å². The lowest BCUT2D eigenvalue weighted by atomic mass is 9.72. The molecule has 0 saturated carbocycles. The van der Waals surface area contributed by atoms with Gasteiger partial charge in [-0.15, -0.1) is 11.3 Å². The van der Waals surface area contributed by atoms with Crippen LogP contribution < -0.4 is 10.6 Å². The minimum Gasteiger partial charge on any atom is -0.323 e. The van der Waals surface area contributed by atoms with Crippen LogP contribution in [0.2, 0.25) is 5.02 Å². The number of thiophene rings is 1. The third kappa shape index (κ3) is 5.48. The van der Waals surface area contributed by atoms with E-state index in [1.165, 1.54) is 11.0 Å². The van der Waals surface area contributed by atoms with Gasteiger partial charge in [-0.2, -0.15) is 5.26 Å². The van der Waals surface area contributed by atoms with E-state index in [0.717, 1.165) is 30.4 Å². The lowest BCUT2D eigenvalue weighted by Gasteiger charge is -2.33. The fourth-order valence-electron chi connectivity index (χ4n) is 3.57. The summed E-state index contributed by atoms with van der Waals surface area (Å²) >= 11 is 12.7. The average molecular weight is 458 g/mol. The number of amides is 1. The maximum atomic E-state index is 12.2. The number of nitriles is 1. The van der Waals surface area contributed by atoms with Crippen LogP contribution in [0.25, 0.3) is 6.08 Å². The highest BCUT2D eigenvalue weighted by Gasteiger charge is 2.32. The number of carbonyl (C=O) groups is 1. The molecule has 1 heterocycles. The number of benzene rings is 1. The van der Waals surface area contributed by atoms with Crippen molar-refractivity contribution in [2.75, 3.05) is 5.32 Å². The molecule has 1 atom stereocenters. The normalized spacial score (nSPS) is 16.0. The molecular weight excluding hydrogens is 434 g/mol. The number of nitrogens with one attached hydrogen (secondary N) is 2. The second-order valence-corrected chi connectivity index (χ2v) is 10.4. The van der Waals surface area contributed by atoms with Gasteiger partial charge >= 0.3 is 0 Å². The first-order valence-corrected chi connectivity index (χ1v) is 11.4. The predicted molar refractivity (Wildman–Crippen MR) is 129 cm³/mol. The fraction of sp³-hybridized carbons (Fsp3) is 0.348.